The van der Waals surface area contributed by atoms with E-state index < -0.39 is 30.3 Å². The van der Waals surface area contributed by atoms with Crippen LogP contribution in [0.4, 0.5) is 0 Å². The topological polar surface area (TPSA) is 141 Å². The Morgan fingerprint density at radius 1 is 1.12 bits per heavy atom. The smallest absolute Gasteiger partial charge is 0.204 e. The zero-order chi connectivity index (χ0) is 18.6. The normalized spacial score (nSPS) is 16.8. The van der Waals surface area contributed by atoms with Gasteiger partial charge in [-0.15, -0.1) is 0 Å². The number of hydrogen-bond donors (Lipinski definition) is 5. The van der Waals surface area contributed by atoms with Gasteiger partial charge >= 0.3 is 0 Å². The third-order valence-electron chi connectivity index (χ3n) is 4.80. The van der Waals surface area contributed by atoms with Crippen LogP contribution in [0.2, 0.25) is 0 Å². The molecule has 4 rings (SSSR count). The molecule has 0 saturated heterocycles. The van der Waals surface area contributed by atoms with Crippen LogP contribution < -0.4 is 10.2 Å². The average Bonchev–Trinajstić information content (AvgIpc) is 3.06. The highest BCUT2D eigenvalue weighted by Gasteiger charge is 2.43. The van der Waals surface area contributed by atoms with Crippen LogP contribution in [0.15, 0.2) is 33.5 Å². The van der Waals surface area contributed by atoms with E-state index in [1.807, 2.05) is 0 Å². The van der Waals surface area contributed by atoms with Crippen molar-refractivity contribution in [2.45, 2.75) is 18.1 Å². The predicted molar refractivity (Wildman–Crippen MR) is 90.6 cm³/mol. The first kappa shape index (κ1) is 16.6. The first-order valence-electron chi connectivity index (χ1n) is 7.93. The molecular formula is C18H16O8. The molecule has 0 aliphatic carbocycles. The van der Waals surface area contributed by atoms with Gasteiger partial charge in [-0.2, -0.15) is 0 Å². The number of rotatable bonds is 3. The SMILES string of the molecule is O=c1c2cccc(O)c2oc2c3c(cc(O)c12)O[C@@H](C(O)(CO)CO)C3. The van der Waals surface area contributed by atoms with Crippen molar-refractivity contribution in [3.05, 3.63) is 40.1 Å². The molecule has 0 saturated carbocycles. The Kier molecular flexibility index (Phi) is 3.58. The summed E-state index contributed by atoms with van der Waals surface area (Å²) in [6.07, 6.45) is -0.964. The van der Waals surface area contributed by atoms with Crippen molar-refractivity contribution in [3.8, 4) is 17.2 Å². The highest BCUT2D eigenvalue weighted by Crippen LogP contribution is 2.42. The molecule has 1 atom stereocenters. The number of ether oxygens (including phenoxy) is 1. The van der Waals surface area contributed by atoms with Gasteiger partial charge < -0.3 is 34.7 Å². The van der Waals surface area contributed by atoms with Gasteiger partial charge in [0.15, 0.2) is 11.3 Å². The van der Waals surface area contributed by atoms with Crippen molar-refractivity contribution in [1.29, 1.82) is 0 Å². The van der Waals surface area contributed by atoms with Gasteiger partial charge in [-0.3, -0.25) is 4.79 Å². The summed E-state index contributed by atoms with van der Waals surface area (Å²) in [4.78, 5) is 12.8. The number of benzene rings is 2. The second-order valence-corrected chi connectivity index (χ2v) is 6.39. The van der Waals surface area contributed by atoms with Gasteiger partial charge in [-0.25, -0.2) is 0 Å². The monoisotopic (exact) mass is 360 g/mol. The number of aliphatic hydroxyl groups is 3. The summed E-state index contributed by atoms with van der Waals surface area (Å²) in [6, 6.07) is 5.57. The highest BCUT2D eigenvalue weighted by molar-refractivity contribution is 5.97. The average molecular weight is 360 g/mol. The lowest BCUT2D eigenvalue weighted by molar-refractivity contribution is -0.115. The van der Waals surface area contributed by atoms with E-state index in [0.29, 0.717) is 5.56 Å². The number of fused-ring (bicyclic) bond motifs is 4. The lowest BCUT2D eigenvalue weighted by Crippen LogP contribution is -2.51. The van der Waals surface area contributed by atoms with Gasteiger partial charge in [-0.05, 0) is 12.1 Å². The number of aliphatic hydroxyl groups excluding tert-OH is 2. The lowest BCUT2D eigenvalue weighted by atomic mass is 9.94. The Morgan fingerprint density at radius 2 is 1.85 bits per heavy atom. The van der Waals surface area contributed by atoms with Gasteiger partial charge in [-0.1, -0.05) is 6.07 Å². The van der Waals surface area contributed by atoms with E-state index in [9.17, 15) is 30.3 Å². The van der Waals surface area contributed by atoms with Crippen LogP contribution in [0.3, 0.4) is 0 Å². The van der Waals surface area contributed by atoms with E-state index in [1.165, 1.54) is 24.3 Å². The molecule has 2 aromatic carbocycles. The fourth-order valence-electron chi connectivity index (χ4n) is 3.27. The summed E-state index contributed by atoms with van der Waals surface area (Å²) < 4.78 is 11.3. The summed E-state index contributed by atoms with van der Waals surface area (Å²) in [5.74, 6) is -0.426. The minimum atomic E-state index is -1.90. The third kappa shape index (κ3) is 2.16. The molecule has 0 amide bonds. The van der Waals surface area contributed by atoms with Gasteiger partial charge in [0.1, 0.15) is 34.2 Å². The number of aromatic hydroxyl groups is 2. The minimum absolute atomic E-state index is 0.0270. The Labute approximate surface area is 146 Å². The van der Waals surface area contributed by atoms with Crippen molar-refractivity contribution in [3.63, 3.8) is 0 Å². The zero-order valence-corrected chi connectivity index (χ0v) is 13.5. The van der Waals surface area contributed by atoms with Gasteiger partial charge in [0.2, 0.25) is 5.43 Å². The fourth-order valence-corrected chi connectivity index (χ4v) is 3.27. The van der Waals surface area contributed by atoms with Crippen LogP contribution in [0.5, 0.6) is 17.2 Å². The van der Waals surface area contributed by atoms with Crippen molar-refractivity contribution in [2.75, 3.05) is 13.2 Å². The molecule has 0 radical (unpaired) electrons. The molecule has 0 unspecified atom stereocenters. The quantitative estimate of drug-likeness (QED) is 0.422. The molecule has 0 bridgehead atoms. The van der Waals surface area contributed by atoms with Crippen molar-refractivity contribution >= 4 is 21.9 Å². The van der Waals surface area contributed by atoms with E-state index in [1.54, 1.807) is 0 Å². The van der Waals surface area contributed by atoms with Crippen LogP contribution in [0, 0.1) is 0 Å². The molecule has 0 fully saturated rings. The molecule has 1 aliphatic heterocycles. The van der Waals surface area contributed by atoms with Crippen LogP contribution in [0.1, 0.15) is 5.56 Å². The number of para-hydroxylation sites is 1. The summed E-state index contributed by atoms with van der Waals surface area (Å²) >= 11 is 0. The van der Waals surface area contributed by atoms with E-state index in [0.717, 1.165) is 0 Å². The fraction of sp³-hybridized carbons (Fsp3) is 0.278. The third-order valence-corrected chi connectivity index (χ3v) is 4.80. The highest BCUT2D eigenvalue weighted by atomic mass is 16.5. The maximum atomic E-state index is 12.8. The molecule has 136 valence electrons. The lowest BCUT2D eigenvalue weighted by Gasteiger charge is -2.29. The molecule has 2 heterocycles. The van der Waals surface area contributed by atoms with Crippen molar-refractivity contribution in [2.24, 2.45) is 0 Å². The predicted octanol–water partition coefficient (Wildman–Crippen LogP) is 0.377. The maximum Gasteiger partial charge on any atom is 0.204 e. The number of phenols is 2. The second kappa shape index (κ2) is 5.60. The molecule has 0 spiro atoms. The molecule has 1 aliphatic rings. The molecule has 3 aromatic rings. The zero-order valence-electron chi connectivity index (χ0n) is 13.5. The van der Waals surface area contributed by atoms with Crippen LogP contribution in [0.25, 0.3) is 21.9 Å². The van der Waals surface area contributed by atoms with Gasteiger partial charge in [0.25, 0.3) is 0 Å². The largest absolute Gasteiger partial charge is 0.507 e. The first-order valence-corrected chi connectivity index (χ1v) is 7.93. The van der Waals surface area contributed by atoms with Crippen molar-refractivity contribution < 1.29 is 34.7 Å². The van der Waals surface area contributed by atoms with E-state index in [4.69, 9.17) is 9.15 Å². The first-order chi connectivity index (χ1) is 12.4. The standard InChI is InChI=1S/C18H16O8/c19-6-18(24,7-20)13-4-9-12(25-13)5-11(22)14-15(23)8-2-1-3-10(21)16(8)26-17(9)14/h1-3,5,13,19-22,24H,4,6-7H2/t13-/m1/s1. The Morgan fingerprint density at radius 3 is 2.54 bits per heavy atom. The van der Waals surface area contributed by atoms with Crippen LogP contribution in [-0.2, 0) is 6.42 Å². The van der Waals surface area contributed by atoms with Gasteiger partial charge in [0.05, 0.1) is 18.6 Å². The van der Waals surface area contributed by atoms with Gasteiger partial charge in [0, 0.05) is 18.1 Å². The summed E-state index contributed by atoms with van der Waals surface area (Å²) in [7, 11) is 0. The van der Waals surface area contributed by atoms with E-state index in [2.05, 4.69) is 0 Å². The summed E-state index contributed by atoms with van der Waals surface area (Å²) in [5.41, 5.74) is -2.02. The Bertz CT molecular complexity index is 1080. The molecule has 1 aromatic heterocycles. The Balaban J connectivity index is 2.00. The van der Waals surface area contributed by atoms with E-state index >= 15 is 0 Å². The molecule has 26 heavy (non-hydrogen) atoms. The maximum absolute atomic E-state index is 12.8. The number of phenolic OH excluding ortho intramolecular Hbond substituents is 2. The minimum Gasteiger partial charge on any atom is -0.507 e. The summed E-state index contributed by atoms with van der Waals surface area (Å²) in [5, 5.41) is 49.4. The van der Waals surface area contributed by atoms with Crippen LogP contribution >= 0.6 is 0 Å². The molecule has 8 nitrogen and oxygen atoms in total. The van der Waals surface area contributed by atoms with Crippen molar-refractivity contribution in [1.82, 2.24) is 0 Å². The Hall–Kier alpha value is -2.81. The number of hydrogen-bond acceptors (Lipinski definition) is 8. The molecule has 8 heteroatoms. The molecule has 5 N–H and O–H groups in total. The van der Waals surface area contributed by atoms with E-state index in [-0.39, 0.29) is 45.6 Å². The second-order valence-electron chi connectivity index (χ2n) is 6.39. The van der Waals surface area contributed by atoms with Crippen LogP contribution in [-0.4, -0.2) is 50.5 Å². The molecular weight excluding hydrogens is 344 g/mol. The summed E-state index contributed by atoms with van der Waals surface area (Å²) in [6.45, 7) is -1.47.